The normalized spacial score (nSPS) is 16.3. The Kier molecular flexibility index (Phi) is 5.14. The Labute approximate surface area is 200 Å². The zero-order valence-electron chi connectivity index (χ0n) is 17.7. The van der Waals surface area contributed by atoms with E-state index in [4.69, 9.17) is 21.1 Å². The van der Waals surface area contributed by atoms with E-state index in [-0.39, 0.29) is 35.2 Å². The zero-order chi connectivity index (χ0) is 24.3. The van der Waals surface area contributed by atoms with Gasteiger partial charge in [0.1, 0.15) is 0 Å². The highest BCUT2D eigenvalue weighted by Crippen LogP contribution is 2.40. The molecule has 2 amide bonds. The fourth-order valence-corrected chi connectivity index (χ4v) is 4.89. The minimum absolute atomic E-state index is 0.0187. The van der Waals surface area contributed by atoms with Crippen molar-refractivity contribution in [1.82, 2.24) is 14.0 Å². The number of carbonyl (C=O) groups excluding carboxylic acids is 2. The summed E-state index contributed by atoms with van der Waals surface area (Å²) in [5.41, 5.74) is 0.783. The number of nitro groups is 1. The van der Waals surface area contributed by atoms with Crippen LogP contribution in [0.4, 0.5) is 10.5 Å². The fourth-order valence-electron chi connectivity index (χ4n) is 3.85. The van der Waals surface area contributed by atoms with Crippen LogP contribution in [0.5, 0.6) is 11.5 Å². The van der Waals surface area contributed by atoms with E-state index in [1.165, 1.54) is 34.4 Å². The number of benzene rings is 2. The van der Waals surface area contributed by atoms with E-state index in [0.717, 1.165) is 4.90 Å². The molecule has 0 radical (unpaired) electrons. The first-order chi connectivity index (χ1) is 16.2. The van der Waals surface area contributed by atoms with Crippen LogP contribution in [-0.2, 0) is 25.4 Å². The Balaban J connectivity index is 1.52. The van der Waals surface area contributed by atoms with Gasteiger partial charge in [0.15, 0.2) is 11.5 Å². The topological polar surface area (TPSA) is 126 Å². The number of aromatic nitrogens is 2. The summed E-state index contributed by atoms with van der Waals surface area (Å²) in [5, 5.41) is 11.5. The van der Waals surface area contributed by atoms with Crippen LogP contribution < -0.4 is 15.2 Å². The second-order valence-corrected chi connectivity index (χ2v) is 9.02. The van der Waals surface area contributed by atoms with Gasteiger partial charge in [-0.05, 0) is 35.5 Å². The number of imidazole rings is 1. The number of nitrogens with zero attached hydrogens (tertiary/aromatic N) is 4. The van der Waals surface area contributed by atoms with E-state index in [0.29, 0.717) is 44.9 Å². The first-order valence-corrected chi connectivity index (χ1v) is 11.0. The van der Waals surface area contributed by atoms with Crippen molar-refractivity contribution in [3.8, 4) is 11.5 Å². The van der Waals surface area contributed by atoms with Crippen LogP contribution in [0.2, 0.25) is 5.02 Å². The summed E-state index contributed by atoms with van der Waals surface area (Å²) in [7, 11) is 3.06. The van der Waals surface area contributed by atoms with E-state index < -0.39 is 16.1 Å². The maximum atomic E-state index is 13.0. The second kappa shape index (κ2) is 7.92. The number of halogens is 1. The molecule has 0 atom stereocenters. The highest BCUT2D eigenvalue weighted by Gasteiger charge is 2.36. The Morgan fingerprint density at radius 1 is 1.09 bits per heavy atom. The number of thioether (sulfide) groups is 1. The molecule has 0 aliphatic carbocycles. The van der Waals surface area contributed by atoms with E-state index in [1.807, 2.05) is 0 Å². The van der Waals surface area contributed by atoms with Crippen molar-refractivity contribution in [3.05, 3.63) is 65.9 Å². The predicted octanol–water partition coefficient (Wildman–Crippen LogP) is 3.40. The van der Waals surface area contributed by atoms with Crippen molar-refractivity contribution < 1.29 is 24.0 Å². The van der Waals surface area contributed by atoms with E-state index >= 15 is 0 Å². The summed E-state index contributed by atoms with van der Waals surface area (Å²) in [6.45, 7) is -0.0542. The maximum absolute atomic E-state index is 13.0. The SMILES string of the molecule is Cn1c(=O)n(C)c2cc([N+](=O)[O-])c(/C=C3\SC(=O)N(Cc4cc5c(cc4Cl)OCO5)C3=O)cc21. The van der Waals surface area contributed by atoms with Crippen molar-refractivity contribution in [2.24, 2.45) is 14.1 Å². The van der Waals surface area contributed by atoms with Gasteiger partial charge in [0.25, 0.3) is 16.8 Å². The molecule has 3 aromatic rings. The van der Waals surface area contributed by atoms with Gasteiger partial charge in [-0.25, -0.2) is 4.79 Å². The summed E-state index contributed by atoms with van der Waals surface area (Å²) < 4.78 is 13.2. The van der Waals surface area contributed by atoms with Gasteiger partial charge in [-0.3, -0.25) is 33.7 Å². The van der Waals surface area contributed by atoms with Gasteiger partial charge in [0, 0.05) is 31.3 Å². The number of ether oxygens (including phenoxy) is 2. The van der Waals surface area contributed by atoms with Crippen molar-refractivity contribution in [2.45, 2.75) is 6.54 Å². The number of aryl methyl sites for hydroxylation is 2. The summed E-state index contributed by atoms with van der Waals surface area (Å²) >= 11 is 6.95. The molecule has 1 saturated heterocycles. The first kappa shape index (κ1) is 22.0. The monoisotopic (exact) mass is 502 g/mol. The van der Waals surface area contributed by atoms with Crippen molar-refractivity contribution in [2.75, 3.05) is 6.79 Å². The Hall–Kier alpha value is -3.77. The van der Waals surface area contributed by atoms with Crippen LogP contribution in [0.25, 0.3) is 17.1 Å². The standard InChI is InChI=1S/C21H15ClN4O7S/c1-23-14-3-10(13(26(30)31)7-15(14)24(2)20(23)28)5-18-19(27)25(21(29)34-18)8-11-4-16-17(6-12(11)22)33-9-32-16/h3-7H,8-9H2,1-2H3/b18-5-. The van der Waals surface area contributed by atoms with Gasteiger partial charge in [-0.2, -0.15) is 0 Å². The van der Waals surface area contributed by atoms with Crippen LogP contribution in [0.3, 0.4) is 0 Å². The van der Waals surface area contributed by atoms with Crippen LogP contribution in [0.1, 0.15) is 11.1 Å². The van der Waals surface area contributed by atoms with E-state index in [9.17, 15) is 24.5 Å². The van der Waals surface area contributed by atoms with Crippen LogP contribution in [0, 0.1) is 10.1 Å². The molecular formula is C21H15ClN4O7S. The van der Waals surface area contributed by atoms with Crippen LogP contribution >= 0.6 is 23.4 Å². The quantitative estimate of drug-likeness (QED) is 0.302. The van der Waals surface area contributed by atoms with Crippen molar-refractivity contribution in [3.63, 3.8) is 0 Å². The summed E-state index contributed by atoms with van der Waals surface area (Å²) in [6.07, 6.45) is 1.29. The highest BCUT2D eigenvalue weighted by atomic mass is 35.5. The third-order valence-corrected chi connectivity index (χ3v) is 6.91. The summed E-state index contributed by atoms with van der Waals surface area (Å²) in [4.78, 5) is 50.0. The minimum atomic E-state index is -0.611. The van der Waals surface area contributed by atoms with Crippen molar-refractivity contribution in [1.29, 1.82) is 0 Å². The highest BCUT2D eigenvalue weighted by molar-refractivity contribution is 8.18. The number of fused-ring (bicyclic) bond motifs is 2. The predicted molar refractivity (Wildman–Crippen MR) is 124 cm³/mol. The van der Waals surface area contributed by atoms with Crippen LogP contribution in [0.15, 0.2) is 34.0 Å². The lowest BCUT2D eigenvalue weighted by Crippen LogP contribution is -2.27. The zero-order valence-corrected chi connectivity index (χ0v) is 19.3. The molecule has 0 saturated carbocycles. The Bertz CT molecular complexity index is 1520. The average Bonchev–Trinajstić information content (AvgIpc) is 3.41. The van der Waals surface area contributed by atoms with Gasteiger partial charge < -0.3 is 9.47 Å². The number of amides is 2. The molecule has 0 bridgehead atoms. The Morgan fingerprint density at radius 2 is 1.74 bits per heavy atom. The van der Waals surface area contributed by atoms with Gasteiger partial charge in [-0.15, -0.1) is 0 Å². The molecular weight excluding hydrogens is 488 g/mol. The number of carbonyl (C=O) groups is 2. The molecule has 3 heterocycles. The number of rotatable bonds is 4. The van der Waals surface area contributed by atoms with E-state index in [1.54, 1.807) is 19.2 Å². The lowest BCUT2D eigenvalue weighted by atomic mass is 10.1. The summed E-state index contributed by atoms with van der Waals surface area (Å²) in [5.74, 6) is 0.320. The number of nitro benzene ring substituents is 1. The fraction of sp³-hybridized carbons (Fsp3) is 0.190. The molecule has 0 N–H and O–H groups in total. The van der Waals surface area contributed by atoms with E-state index in [2.05, 4.69) is 0 Å². The van der Waals surface area contributed by atoms with Crippen LogP contribution in [-0.4, -0.2) is 36.9 Å². The molecule has 13 heteroatoms. The number of hydrogen-bond acceptors (Lipinski definition) is 8. The molecule has 174 valence electrons. The number of imide groups is 1. The largest absolute Gasteiger partial charge is 0.454 e. The maximum Gasteiger partial charge on any atom is 0.328 e. The molecule has 11 nitrogen and oxygen atoms in total. The average molecular weight is 503 g/mol. The molecule has 2 aliphatic rings. The van der Waals surface area contributed by atoms with Gasteiger partial charge in [-0.1, -0.05) is 11.6 Å². The molecule has 34 heavy (non-hydrogen) atoms. The molecule has 1 fully saturated rings. The third-order valence-electron chi connectivity index (χ3n) is 5.65. The summed E-state index contributed by atoms with van der Waals surface area (Å²) in [6, 6.07) is 5.89. The Morgan fingerprint density at radius 3 is 2.41 bits per heavy atom. The van der Waals surface area contributed by atoms with Gasteiger partial charge >= 0.3 is 5.69 Å². The minimum Gasteiger partial charge on any atom is -0.454 e. The lowest BCUT2D eigenvalue weighted by molar-refractivity contribution is -0.385. The molecule has 0 spiro atoms. The molecule has 5 rings (SSSR count). The second-order valence-electron chi connectivity index (χ2n) is 7.62. The van der Waals surface area contributed by atoms with Gasteiger partial charge in [0.05, 0.1) is 33.0 Å². The lowest BCUT2D eigenvalue weighted by Gasteiger charge is -2.14. The molecule has 0 unspecified atom stereocenters. The molecule has 1 aromatic heterocycles. The first-order valence-electron chi connectivity index (χ1n) is 9.83. The molecule has 2 aliphatic heterocycles. The molecule has 2 aromatic carbocycles. The van der Waals surface area contributed by atoms with Crippen molar-refractivity contribution >= 4 is 57.3 Å². The smallest absolute Gasteiger partial charge is 0.328 e. The third kappa shape index (κ3) is 3.42. The number of hydrogen-bond donors (Lipinski definition) is 0. The van der Waals surface area contributed by atoms with Gasteiger partial charge in [0.2, 0.25) is 6.79 Å².